The molecule has 1 fully saturated rings. The number of carboxylic acids is 1. The van der Waals surface area contributed by atoms with E-state index < -0.39 is 5.97 Å². The molecule has 0 bridgehead atoms. The number of benzene rings is 1. The lowest BCUT2D eigenvalue weighted by atomic mass is 9.95. The maximum absolute atomic E-state index is 13.0. The number of carboxylic acid groups (broad SMARTS) is 1. The van der Waals surface area contributed by atoms with E-state index in [1.807, 2.05) is 0 Å². The van der Waals surface area contributed by atoms with Gasteiger partial charge in [0.05, 0.1) is 5.92 Å². The van der Waals surface area contributed by atoms with Crippen LogP contribution in [-0.2, 0) is 16.6 Å². The van der Waals surface area contributed by atoms with Crippen LogP contribution in [0.2, 0.25) is 0 Å². The fourth-order valence-corrected chi connectivity index (χ4v) is 2.95. The smallest absolute Gasteiger partial charge is 0.307 e. The molecule has 1 saturated carbocycles. The third kappa shape index (κ3) is 1.06. The molecule has 1 N–H and O–H groups in total. The number of aliphatic carboxylic acids is 1. The second-order valence-electron chi connectivity index (χ2n) is 4.55. The Kier molecular flexibility index (Phi) is 1.54. The maximum Gasteiger partial charge on any atom is 0.307 e. The largest absolute Gasteiger partial charge is 0.481 e. The molecule has 2 nitrogen and oxygen atoms in total. The Labute approximate surface area is 86.7 Å². The van der Waals surface area contributed by atoms with Crippen molar-refractivity contribution in [3.05, 3.63) is 35.1 Å². The van der Waals surface area contributed by atoms with E-state index in [9.17, 15) is 9.18 Å². The van der Waals surface area contributed by atoms with Gasteiger partial charge >= 0.3 is 5.97 Å². The fourth-order valence-electron chi connectivity index (χ4n) is 2.95. The van der Waals surface area contributed by atoms with Gasteiger partial charge in [0.25, 0.3) is 0 Å². The van der Waals surface area contributed by atoms with Crippen molar-refractivity contribution in [1.29, 1.82) is 0 Å². The van der Waals surface area contributed by atoms with Crippen molar-refractivity contribution in [2.24, 2.45) is 5.92 Å². The molecule has 3 heteroatoms. The fraction of sp³-hybridized carbons (Fsp3) is 0.417. The number of rotatable bonds is 1. The highest BCUT2D eigenvalue weighted by Gasteiger charge is 2.61. The molecular formula is C12H11FO2. The first-order valence-corrected chi connectivity index (χ1v) is 5.15. The highest BCUT2D eigenvalue weighted by molar-refractivity contribution is 5.78. The molecule has 78 valence electrons. The molecule has 2 aliphatic carbocycles. The Morgan fingerprint density at radius 2 is 2.33 bits per heavy atom. The Bertz CT molecular complexity index is 455. The van der Waals surface area contributed by atoms with Crippen LogP contribution in [0.25, 0.3) is 0 Å². The summed E-state index contributed by atoms with van der Waals surface area (Å²) in [5.74, 6) is -1.19. The van der Waals surface area contributed by atoms with Gasteiger partial charge in [0, 0.05) is 5.41 Å². The molecule has 1 aromatic rings. The zero-order chi connectivity index (χ0) is 10.6. The number of halogens is 1. The number of hydrogen-bond acceptors (Lipinski definition) is 1. The molecule has 15 heavy (non-hydrogen) atoms. The second kappa shape index (κ2) is 2.60. The molecule has 3 rings (SSSR count). The van der Waals surface area contributed by atoms with E-state index in [1.165, 1.54) is 6.07 Å². The summed E-state index contributed by atoms with van der Waals surface area (Å²) in [4.78, 5) is 10.9. The predicted octanol–water partition coefficient (Wildman–Crippen LogP) is 2.11. The second-order valence-corrected chi connectivity index (χ2v) is 4.55. The van der Waals surface area contributed by atoms with Crippen LogP contribution >= 0.6 is 0 Å². The van der Waals surface area contributed by atoms with Gasteiger partial charge in [0.15, 0.2) is 0 Å². The minimum absolute atomic E-state index is 0.158. The summed E-state index contributed by atoms with van der Waals surface area (Å²) in [6.45, 7) is 0. The summed E-state index contributed by atoms with van der Waals surface area (Å²) in [7, 11) is 0. The zero-order valence-corrected chi connectivity index (χ0v) is 8.16. The molecule has 0 radical (unpaired) electrons. The average Bonchev–Trinajstić information content (AvgIpc) is 2.80. The Morgan fingerprint density at radius 1 is 1.53 bits per heavy atom. The Hall–Kier alpha value is -1.38. The molecule has 0 aliphatic heterocycles. The summed E-state index contributed by atoms with van der Waals surface area (Å²) in [5, 5.41) is 8.98. The number of fused-ring (bicyclic) bond motifs is 2. The van der Waals surface area contributed by atoms with Gasteiger partial charge in [-0.3, -0.25) is 4.79 Å². The van der Waals surface area contributed by atoms with Crippen molar-refractivity contribution >= 4 is 5.97 Å². The van der Waals surface area contributed by atoms with Crippen molar-refractivity contribution in [3.63, 3.8) is 0 Å². The van der Waals surface area contributed by atoms with Crippen LogP contribution in [0.3, 0.4) is 0 Å². The molecule has 2 aliphatic rings. The van der Waals surface area contributed by atoms with Gasteiger partial charge in [-0.25, -0.2) is 4.39 Å². The topological polar surface area (TPSA) is 37.3 Å². The number of carbonyl (C=O) groups is 1. The van der Waals surface area contributed by atoms with Gasteiger partial charge in [0.1, 0.15) is 5.82 Å². The van der Waals surface area contributed by atoms with Gasteiger partial charge in [-0.1, -0.05) is 6.07 Å². The van der Waals surface area contributed by atoms with E-state index in [0.717, 1.165) is 30.4 Å². The molecule has 2 atom stereocenters. The van der Waals surface area contributed by atoms with Crippen molar-refractivity contribution in [1.82, 2.24) is 0 Å². The van der Waals surface area contributed by atoms with Crippen LogP contribution in [0.1, 0.15) is 24.0 Å². The average molecular weight is 206 g/mol. The monoisotopic (exact) mass is 206 g/mol. The highest BCUT2D eigenvalue weighted by atomic mass is 19.1. The van der Waals surface area contributed by atoms with Gasteiger partial charge in [-0.2, -0.15) is 0 Å². The third-order valence-corrected chi connectivity index (χ3v) is 3.82. The summed E-state index contributed by atoms with van der Waals surface area (Å²) in [6.07, 6.45) is 2.40. The van der Waals surface area contributed by atoms with Gasteiger partial charge in [-0.15, -0.1) is 0 Å². The van der Waals surface area contributed by atoms with Crippen molar-refractivity contribution in [3.8, 4) is 0 Å². The molecule has 1 spiro atoms. The molecule has 2 unspecified atom stereocenters. The lowest BCUT2D eigenvalue weighted by Crippen LogP contribution is -2.11. The van der Waals surface area contributed by atoms with Crippen LogP contribution in [-0.4, -0.2) is 11.1 Å². The molecular weight excluding hydrogens is 195 g/mol. The molecule has 0 saturated heterocycles. The molecule has 1 aromatic carbocycles. The van der Waals surface area contributed by atoms with E-state index in [2.05, 4.69) is 0 Å². The van der Waals surface area contributed by atoms with Crippen LogP contribution in [0.4, 0.5) is 4.39 Å². The lowest BCUT2D eigenvalue weighted by molar-refractivity contribution is -0.139. The lowest BCUT2D eigenvalue weighted by Gasteiger charge is -2.09. The third-order valence-electron chi connectivity index (χ3n) is 3.82. The van der Waals surface area contributed by atoms with Crippen molar-refractivity contribution in [2.75, 3.05) is 0 Å². The normalized spacial score (nSPS) is 31.7. The highest BCUT2D eigenvalue weighted by Crippen LogP contribution is 2.61. The first-order chi connectivity index (χ1) is 7.13. The molecule has 0 amide bonds. The van der Waals surface area contributed by atoms with Crippen molar-refractivity contribution < 1.29 is 14.3 Å². The summed E-state index contributed by atoms with van der Waals surface area (Å²) < 4.78 is 13.0. The Balaban J connectivity index is 2.04. The molecule has 0 aromatic heterocycles. The quantitative estimate of drug-likeness (QED) is 0.764. The zero-order valence-electron chi connectivity index (χ0n) is 8.16. The van der Waals surface area contributed by atoms with E-state index in [4.69, 9.17) is 5.11 Å². The minimum atomic E-state index is -0.716. The predicted molar refractivity (Wildman–Crippen MR) is 52.1 cm³/mol. The maximum atomic E-state index is 13.0. The summed E-state index contributed by atoms with van der Waals surface area (Å²) in [6, 6.07) is 4.74. The first kappa shape index (κ1) is 8.89. The van der Waals surface area contributed by atoms with Gasteiger partial charge in [0.2, 0.25) is 0 Å². The van der Waals surface area contributed by atoms with Crippen LogP contribution in [0.5, 0.6) is 0 Å². The van der Waals surface area contributed by atoms with E-state index in [0.29, 0.717) is 0 Å². The first-order valence-electron chi connectivity index (χ1n) is 5.15. The van der Waals surface area contributed by atoms with E-state index >= 15 is 0 Å². The van der Waals surface area contributed by atoms with E-state index in [-0.39, 0.29) is 17.2 Å². The van der Waals surface area contributed by atoms with Crippen molar-refractivity contribution in [2.45, 2.75) is 24.7 Å². The minimum Gasteiger partial charge on any atom is -0.481 e. The SMILES string of the molecule is O=C(O)C1CC12CCc1cc(F)ccc12. The van der Waals surface area contributed by atoms with Gasteiger partial charge < -0.3 is 5.11 Å². The Morgan fingerprint density at radius 3 is 3.00 bits per heavy atom. The van der Waals surface area contributed by atoms with E-state index in [1.54, 1.807) is 12.1 Å². The number of hydrogen-bond donors (Lipinski definition) is 1. The number of aryl methyl sites for hydroxylation is 1. The summed E-state index contributed by atoms with van der Waals surface area (Å²) >= 11 is 0. The van der Waals surface area contributed by atoms with Crippen LogP contribution in [0.15, 0.2) is 18.2 Å². The van der Waals surface area contributed by atoms with Crippen LogP contribution in [0, 0.1) is 11.7 Å². The van der Waals surface area contributed by atoms with Gasteiger partial charge in [-0.05, 0) is 42.5 Å². The summed E-state index contributed by atoms with van der Waals surface area (Å²) in [5.41, 5.74) is 1.91. The standard InChI is InChI=1S/C12H11FO2/c13-8-1-2-9-7(5-8)3-4-12(9)6-10(12)11(14)15/h1-2,5,10H,3-4,6H2,(H,14,15). The van der Waals surface area contributed by atoms with Crippen LogP contribution < -0.4 is 0 Å². The molecule has 0 heterocycles.